The van der Waals surface area contributed by atoms with Gasteiger partial charge in [-0.05, 0) is 6.42 Å². The van der Waals surface area contributed by atoms with Gasteiger partial charge in [-0.15, -0.1) is 0 Å². The van der Waals surface area contributed by atoms with Crippen molar-refractivity contribution in [3.05, 3.63) is 18.3 Å². The van der Waals surface area contributed by atoms with Crippen LogP contribution in [0.25, 0.3) is 0 Å². The number of nitrogens with zero attached hydrogens (tertiary/aromatic N) is 3. The van der Waals surface area contributed by atoms with Gasteiger partial charge in [-0.2, -0.15) is 4.39 Å². The van der Waals surface area contributed by atoms with Gasteiger partial charge in [0.15, 0.2) is 0 Å². The summed E-state index contributed by atoms with van der Waals surface area (Å²) < 4.78 is 12.9. The van der Waals surface area contributed by atoms with Gasteiger partial charge in [-0.3, -0.25) is 4.79 Å². The minimum absolute atomic E-state index is 0.0410. The second-order valence-corrected chi connectivity index (χ2v) is 3.83. The van der Waals surface area contributed by atoms with Crippen molar-refractivity contribution in [1.82, 2.24) is 15.3 Å². The average Bonchev–Trinajstić information content (AvgIpc) is 2.65. The summed E-state index contributed by atoms with van der Waals surface area (Å²) in [4.78, 5) is 20.2. The van der Waals surface area contributed by atoms with Crippen molar-refractivity contribution in [2.45, 2.75) is 19.4 Å². The van der Waals surface area contributed by atoms with Crippen LogP contribution in [0.5, 0.6) is 0 Å². The number of nitrogens with one attached hydrogen (secondary N) is 1. The lowest BCUT2D eigenvalue weighted by atomic mass is 10.3. The highest BCUT2D eigenvalue weighted by Gasteiger charge is 2.24. The van der Waals surface area contributed by atoms with Crippen LogP contribution in [0.4, 0.5) is 10.2 Å². The Bertz CT molecular complexity index is 398. The van der Waals surface area contributed by atoms with Gasteiger partial charge in [0.1, 0.15) is 12.1 Å². The third kappa shape index (κ3) is 2.44. The van der Waals surface area contributed by atoms with Gasteiger partial charge in [-0.1, -0.05) is 0 Å². The normalized spacial score (nSPS) is 19.9. The van der Waals surface area contributed by atoms with Crippen molar-refractivity contribution in [2.75, 3.05) is 18.0 Å². The van der Waals surface area contributed by atoms with E-state index in [0.29, 0.717) is 12.4 Å². The molecule has 0 bridgehead atoms. The zero-order valence-electron chi connectivity index (χ0n) is 8.98. The lowest BCUT2D eigenvalue weighted by molar-refractivity contribution is -0.119. The van der Waals surface area contributed by atoms with Crippen LogP contribution >= 0.6 is 0 Å². The molecule has 1 fully saturated rings. The number of amides is 1. The summed E-state index contributed by atoms with van der Waals surface area (Å²) in [5, 5.41) is 2.84. The van der Waals surface area contributed by atoms with Gasteiger partial charge in [0.2, 0.25) is 11.9 Å². The summed E-state index contributed by atoms with van der Waals surface area (Å²) in [6.45, 7) is 2.92. The molecule has 1 unspecified atom stereocenters. The quantitative estimate of drug-likeness (QED) is 0.735. The number of carbonyl (C=O) groups excluding carboxylic acids is 1. The van der Waals surface area contributed by atoms with Crippen LogP contribution in [0.2, 0.25) is 0 Å². The Morgan fingerprint density at radius 2 is 2.44 bits per heavy atom. The molecule has 1 aromatic rings. The van der Waals surface area contributed by atoms with Crippen LogP contribution in [0.15, 0.2) is 12.4 Å². The SMILES string of the molecule is CC(=O)NC1CCN(c2cc(F)ncn2)C1. The molecular weight excluding hydrogens is 211 g/mol. The molecule has 1 aliphatic rings. The van der Waals surface area contributed by atoms with E-state index in [1.807, 2.05) is 4.90 Å². The van der Waals surface area contributed by atoms with Crippen LogP contribution in [-0.4, -0.2) is 35.0 Å². The van der Waals surface area contributed by atoms with Gasteiger partial charge in [0.25, 0.3) is 0 Å². The van der Waals surface area contributed by atoms with E-state index in [9.17, 15) is 9.18 Å². The van der Waals surface area contributed by atoms with Crippen LogP contribution in [0.3, 0.4) is 0 Å². The van der Waals surface area contributed by atoms with Crippen LogP contribution in [0, 0.1) is 5.95 Å². The zero-order chi connectivity index (χ0) is 11.5. The second-order valence-electron chi connectivity index (χ2n) is 3.83. The van der Waals surface area contributed by atoms with Crippen molar-refractivity contribution < 1.29 is 9.18 Å². The summed E-state index contributed by atoms with van der Waals surface area (Å²) in [6.07, 6.45) is 2.06. The summed E-state index contributed by atoms with van der Waals surface area (Å²) in [5.41, 5.74) is 0. The van der Waals surface area contributed by atoms with E-state index in [2.05, 4.69) is 15.3 Å². The number of hydrogen-bond acceptors (Lipinski definition) is 4. The molecule has 1 N–H and O–H groups in total. The fourth-order valence-corrected chi connectivity index (χ4v) is 1.87. The molecule has 1 saturated heterocycles. The molecule has 0 spiro atoms. The monoisotopic (exact) mass is 224 g/mol. The topological polar surface area (TPSA) is 58.1 Å². The Balaban J connectivity index is 2.00. The van der Waals surface area contributed by atoms with Crippen molar-refractivity contribution in [3.8, 4) is 0 Å². The predicted octanol–water partition coefficient (Wildman–Crippen LogP) is 0.331. The Kier molecular flexibility index (Phi) is 2.98. The van der Waals surface area contributed by atoms with Crippen LogP contribution in [-0.2, 0) is 4.79 Å². The first-order valence-corrected chi connectivity index (χ1v) is 5.15. The van der Waals surface area contributed by atoms with Gasteiger partial charge in [-0.25, -0.2) is 9.97 Å². The summed E-state index contributed by atoms with van der Waals surface area (Å²) in [7, 11) is 0. The molecule has 0 radical (unpaired) electrons. The number of aromatic nitrogens is 2. The molecule has 1 amide bonds. The zero-order valence-corrected chi connectivity index (χ0v) is 8.98. The lowest BCUT2D eigenvalue weighted by Gasteiger charge is -2.17. The molecule has 16 heavy (non-hydrogen) atoms. The van der Waals surface area contributed by atoms with E-state index in [1.54, 1.807) is 0 Å². The molecule has 0 saturated carbocycles. The van der Waals surface area contributed by atoms with E-state index in [1.165, 1.54) is 19.3 Å². The molecule has 0 aromatic carbocycles. The number of halogens is 1. The Morgan fingerprint density at radius 3 is 3.12 bits per heavy atom. The Labute approximate surface area is 92.7 Å². The molecule has 1 atom stereocenters. The Hall–Kier alpha value is -1.72. The van der Waals surface area contributed by atoms with Crippen molar-refractivity contribution >= 4 is 11.7 Å². The van der Waals surface area contributed by atoms with E-state index < -0.39 is 5.95 Å². The fraction of sp³-hybridized carbons (Fsp3) is 0.500. The molecule has 1 aliphatic heterocycles. The maximum atomic E-state index is 12.9. The van der Waals surface area contributed by atoms with Crippen molar-refractivity contribution in [3.63, 3.8) is 0 Å². The van der Waals surface area contributed by atoms with E-state index in [4.69, 9.17) is 0 Å². The number of hydrogen-bond donors (Lipinski definition) is 1. The Morgan fingerprint density at radius 1 is 1.62 bits per heavy atom. The standard InChI is InChI=1S/C10H13FN4O/c1-7(16)14-8-2-3-15(5-8)10-4-9(11)12-6-13-10/h4,6,8H,2-3,5H2,1H3,(H,14,16). The molecule has 5 nitrogen and oxygen atoms in total. The third-order valence-electron chi connectivity index (χ3n) is 2.54. The highest BCUT2D eigenvalue weighted by atomic mass is 19.1. The minimum Gasteiger partial charge on any atom is -0.354 e. The van der Waals surface area contributed by atoms with E-state index in [0.717, 1.165) is 13.0 Å². The maximum absolute atomic E-state index is 12.9. The van der Waals surface area contributed by atoms with E-state index >= 15 is 0 Å². The number of anilines is 1. The van der Waals surface area contributed by atoms with E-state index in [-0.39, 0.29) is 11.9 Å². The molecule has 6 heteroatoms. The molecule has 1 aromatic heterocycles. The average molecular weight is 224 g/mol. The molecule has 86 valence electrons. The number of rotatable bonds is 2. The maximum Gasteiger partial charge on any atom is 0.218 e. The first-order chi connectivity index (χ1) is 7.65. The highest BCUT2D eigenvalue weighted by Crippen LogP contribution is 2.17. The summed E-state index contributed by atoms with van der Waals surface area (Å²) >= 11 is 0. The lowest BCUT2D eigenvalue weighted by Crippen LogP contribution is -2.35. The van der Waals surface area contributed by atoms with Crippen molar-refractivity contribution in [2.24, 2.45) is 0 Å². The fourth-order valence-electron chi connectivity index (χ4n) is 1.87. The van der Waals surface area contributed by atoms with Crippen molar-refractivity contribution in [1.29, 1.82) is 0 Å². The number of carbonyl (C=O) groups is 1. The molecule has 0 aliphatic carbocycles. The second kappa shape index (κ2) is 4.42. The van der Waals surface area contributed by atoms with Gasteiger partial charge >= 0.3 is 0 Å². The largest absolute Gasteiger partial charge is 0.354 e. The molecule has 2 heterocycles. The third-order valence-corrected chi connectivity index (χ3v) is 2.54. The van der Waals surface area contributed by atoms with Crippen LogP contribution in [0.1, 0.15) is 13.3 Å². The summed E-state index contributed by atoms with van der Waals surface area (Å²) in [5.74, 6) is -0.00551. The van der Waals surface area contributed by atoms with Gasteiger partial charge in [0, 0.05) is 32.1 Å². The minimum atomic E-state index is -0.534. The first kappa shape index (κ1) is 10.8. The molecular formula is C10H13FN4O. The van der Waals surface area contributed by atoms with Crippen LogP contribution < -0.4 is 10.2 Å². The summed E-state index contributed by atoms with van der Waals surface area (Å²) in [6, 6.07) is 1.42. The first-order valence-electron chi connectivity index (χ1n) is 5.15. The highest BCUT2D eigenvalue weighted by molar-refractivity contribution is 5.73. The molecule has 2 rings (SSSR count). The van der Waals surface area contributed by atoms with Gasteiger partial charge in [0.05, 0.1) is 0 Å². The predicted molar refractivity (Wildman–Crippen MR) is 56.4 cm³/mol. The van der Waals surface area contributed by atoms with Gasteiger partial charge < -0.3 is 10.2 Å². The smallest absolute Gasteiger partial charge is 0.218 e.